The Morgan fingerprint density at radius 2 is 2.17 bits per heavy atom. The standard InChI is InChI=1S/C20H26O3/c1-18-7-5-16-14(6-9-23-16)15(18)4-8-19-10-13(2-3-17(18)19)20(22,11-19)12-21/h5-7,9,13,15,17,21-22H,2-4,8,10-12H2,1H3/t13-,15-,17+,18-,19+,20+/m1/s1. The highest BCUT2D eigenvalue weighted by Crippen LogP contribution is 2.71. The van der Waals surface area contributed by atoms with Crippen molar-refractivity contribution in [1.82, 2.24) is 0 Å². The molecule has 5 rings (SSSR count). The minimum Gasteiger partial charge on any atom is -0.465 e. The third kappa shape index (κ3) is 1.63. The lowest BCUT2D eigenvalue weighted by Gasteiger charge is -2.58. The van der Waals surface area contributed by atoms with Crippen LogP contribution in [0.2, 0.25) is 0 Å². The zero-order chi connectivity index (χ0) is 15.9. The van der Waals surface area contributed by atoms with Crippen molar-refractivity contribution in [3.05, 3.63) is 29.7 Å². The fourth-order valence-electron chi connectivity index (χ4n) is 7.06. The quantitative estimate of drug-likeness (QED) is 0.830. The number of rotatable bonds is 1. The smallest absolute Gasteiger partial charge is 0.129 e. The van der Waals surface area contributed by atoms with Crippen molar-refractivity contribution in [3.63, 3.8) is 0 Å². The summed E-state index contributed by atoms with van der Waals surface area (Å²) in [6.45, 7) is 2.35. The molecule has 23 heavy (non-hydrogen) atoms. The lowest BCUT2D eigenvalue weighted by atomic mass is 9.46. The number of hydrogen-bond acceptors (Lipinski definition) is 3. The van der Waals surface area contributed by atoms with E-state index in [-0.39, 0.29) is 17.4 Å². The van der Waals surface area contributed by atoms with E-state index in [0.29, 0.717) is 17.8 Å². The predicted molar refractivity (Wildman–Crippen MR) is 87.7 cm³/mol. The maximum Gasteiger partial charge on any atom is 0.129 e. The summed E-state index contributed by atoms with van der Waals surface area (Å²) in [5.74, 6) is 2.47. The number of hydrogen-bond donors (Lipinski definition) is 2. The Kier molecular flexibility index (Phi) is 2.68. The van der Waals surface area contributed by atoms with Gasteiger partial charge in [-0.1, -0.05) is 13.0 Å². The Labute approximate surface area is 137 Å². The van der Waals surface area contributed by atoms with E-state index in [2.05, 4.69) is 25.1 Å². The molecule has 0 radical (unpaired) electrons. The molecule has 1 heterocycles. The molecule has 1 aromatic rings. The van der Waals surface area contributed by atoms with E-state index in [1.54, 1.807) is 0 Å². The van der Waals surface area contributed by atoms with E-state index in [4.69, 9.17) is 4.42 Å². The minimum absolute atomic E-state index is 0.0754. The van der Waals surface area contributed by atoms with Gasteiger partial charge in [-0.2, -0.15) is 0 Å². The van der Waals surface area contributed by atoms with Crippen molar-refractivity contribution in [2.45, 2.75) is 57.0 Å². The molecule has 1 spiro atoms. The fraction of sp³-hybridized carbons (Fsp3) is 0.700. The number of aliphatic hydroxyl groups is 2. The molecule has 3 fully saturated rings. The molecular weight excluding hydrogens is 288 g/mol. The number of allylic oxidation sites excluding steroid dienone is 1. The van der Waals surface area contributed by atoms with Gasteiger partial charge in [-0.05, 0) is 79.3 Å². The van der Waals surface area contributed by atoms with Gasteiger partial charge in [-0.25, -0.2) is 0 Å². The molecule has 124 valence electrons. The lowest BCUT2D eigenvalue weighted by Crippen LogP contribution is -2.49. The van der Waals surface area contributed by atoms with Crippen LogP contribution < -0.4 is 0 Å². The van der Waals surface area contributed by atoms with Gasteiger partial charge < -0.3 is 14.6 Å². The van der Waals surface area contributed by atoms with Crippen LogP contribution in [0.15, 0.2) is 22.8 Å². The van der Waals surface area contributed by atoms with Gasteiger partial charge in [0.15, 0.2) is 0 Å². The molecular formula is C20H26O3. The van der Waals surface area contributed by atoms with Gasteiger partial charge >= 0.3 is 0 Å². The van der Waals surface area contributed by atoms with Gasteiger partial charge in [-0.3, -0.25) is 0 Å². The molecule has 0 amide bonds. The first-order chi connectivity index (χ1) is 11.0. The Bertz CT molecular complexity index is 676. The van der Waals surface area contributed by atoms with Crippen LogP contribution in [-0.4, -0.2) is 22.4 Å². The summed E-state index contributed by atoms with van der Waals surface area (Å²) in [5, 5.41) is 20.7. The van der Waals surface area contributed by atoms with E-state index >= 15 is 0 Å². The molecule has 4 aliphatic rings. The van der Waals surface area contributed by atoms with Crippen LogP contribution in [0.25, 0.3) is 6.08 Å². The summed E-state index contributed by atoms with van der Waals surface area (Å²) in [6.07, 6.45) is 12.9. The van der Waals surface area contributed by atoms with Crippen molar-refractivity contribution in [2.75, 3.05) is 6.61 Å². The van der Waals surface area contributed by atoms with Gasteiger partial charge in [0.05, 0.1) is 18.5 Å². The third-order valence-electron chi connectivity index (χ3n) is 8.02. The van der Waals surface area contributed by atoms with Crippen LogP contribution in [0.1, 0.15) is 62.7 Å². The summed E-state index contributed by atoms with van der Waals surface area (Å²) in [7, 11) is 0. The molecule has 3 heteroatoms. The average molecular weight is 314 g/mol. The Morgan fingerprint density at radius 1 is 1.30 bits per heavy atom. The molecule has 1 aromatic heterocycles. The van der Waals surface area contributed by atoms with Gasteiger partial charge in [0.1, 0.15) is 5.76 Å². The van der Waals surface area contributed by atoms with Crippen LogP contribution in [0.4, 0.5) is 0 Å². The van der Waals surface area contributed by atoms with Crippen molar-refractivity contribution in [3.8, 4) is 0 Å². The number of aliphatic hydroxyl groups excluding tert-OH is 1. The van der Waals surface area contributed by atoms with E-state index in [1.807, 2.05) is 6.26 Å². The Balaban J connectivity index is 1.58. The first kappa shape index (κ1) is 14.3. The second-order valence-corrected chi connectivity index (χ2v) is 8.86. The second kappa shape index (κ2) is 4.31. The molecule has 0 saturated heterocycles. The fourth-order valence-corrected chi connectivity index (χ4v) is 7.06. The number of fused-ring (bicyclic) bond motifs is 5. The molecule has 2 N–H and O–H groups in total. The minimum atomic E-state index is -0.836. The highest BCUT2D eigenvalue weighted by molar-refractivity contribution is 5.55. The van der Waals surface area contributed by atoms with Gasteiger partial charge in [0.25, 0.3) is 0 Å². The molecule has 6 atom stereocenters. The average Bonchev–Trinajstić information content (AvgIpc) is 3.09. The summed E-state index contributed by atoms with van der Waals surface area (Å²) in [4.78, 5) is 0. The van der Waals surface area contributed by atoms with Crippen molar-refractivity contribution in [1.29, 1.82) is 0 Å². The van der Waals surface area contributed by atoms with Crippen LogP contribution in [0.5, 0.6) is 0 Å². The molecule has 0 aromatic carbocycles. The molecule has 2 bridgehead atoms. The molecule has 3 nitrogen and oxygen atoms in total. The van der Waals surface area contributed by atoms with Gasteiger partial charge in [0, 0.05) is 5.56 Å². The van der Waals surface area contributed by atoms with E-state index in [0.717, 1.165) is 31.4 Å². The van der Waals surface area contributed by atoms with Crippen LogP contribution in [0.3, 0.4) is 0 Å². The molecule has 0 unspecified atom stereocenters. The number of furan rings is 1. The second-order valence-electron chi connectivity index (χ2n) is 8.86. The van der Waals surface area contributed by atoms with Crippen molar-refractivity contribution in [2.24, 2.45) is 22.7 Å². The first-order valence-electron chi connectivity index (χ1n) is 9.11. The van der Waals surface area contributed by atoms with Crippen LogP contribution >= 0.6 is 0 Å². The zero-order valence-electron chi connectivity index (χ0n) is 13.8. The van der Waals surface area contributed by atoms with Gasteiger partial charge in [-0.15, -0.1) is 0 Å². The molecule has 4 aliphatic carbocycles. The largest absolute Gasteiger partial charge is 0.465 e. The predicted octanol–water partition coefficient (Wildman–Crippen LogP) is 3.72. The van der Waals surface area contributed by atoms with E-state index in [9.17, 15) is 10.2 Å². The SMILES string of the molecule is C[C@@]12C=Cc3occc3[C@H]1CC[C@@]13C[C@@H](CC[C@H]12)[C@@](O)(CO)C3. The van der Waals surface area contributed by atoms with Crippen LogP contribution in [-0.2, 0) is 0 Å². The third-order valence-corrected chi connectivity index (χ3v) is 8.02. The Morgan fingerprint density at radius 3 is 3.00 bits per heavy atom. The van der Waals surface area contributed by atoms with E-state index < -0.39 is 5.60 Å². The van der Waals surface area contributed by atoms with Crippen molar-refractivity contribution >= 4 is 6.08 Å². The summed E-state index contributed by atoms with van der Waals surface area (Å²) in [6, 6.07) is 2.16. The Hall–Kier alpha value is -1.06. The van der Waals surface area contributed by atoms with Crippen LogP contribution in [0, 0.1) is 22.7 Å². The monoisotopic (exact) mass is 314 g/mol. The summed E-state index contributed by atoms with van der Waals surface area (Å²) < 4.78 is 5.64. The summed E-state index contributed by atoms with van der Waals surface area (Å²) >= 11 is 0. The lowest BCUT2D eigenvalue weighted by molar-refractivity contribution is -0.0517. The zero-order valence-corrected chi connectivity index (χ0v) is 13.8. The highest BCUT2D eigenvalue weighted by atomic mass is 16.3. The highest BCUT2D eigenvalue weighted by Gasteiger charge is 2.65. The normalized spacial score (nSPS) is 50.3. The summed E-state index contributed by atoms with van der Waals surface area (Å²) in [5.41, 5.74) is 0.914. The molecule has 3 saturated carbocycles. The maximum atomic E-state index is 10.9. The first-order valence-corrected chi connectivity index (χ1v) is 9.11. The van der Waals surface area contributed by atoms with E-state index in [1.165, 1.54) is 18.4 Å². The van der Waals surface area contributed by atoms with Crippen molar-refractivity contribution < 1.29 is 14.6 Å². The molecule has 0 aliphatic heterocycles. The topological polar surface area (TPSA) is 53.6 Å². The van der Waals surface area contributed by atoms with Gasteiger partial charge in [0.2, 0.25) is 0 Å². The maximum absolute atomic E-state index is 10.9.